The van der Waals surface area contributed by atoms with Crippen molar-refractivity contribution < 1.29 is 0 Å². The van der Waals surface area contributed by atoms with Crippen molar-refractivity contribution in [1.29, 1.82) is 0 Å². The Morgan fingerprint density at radius 2 is 2.35 bits per heavy atom. The van der Waals surface area contributed by atoms with E-state index in [-0.39, 0.29) is 0 Å². The molecular formula is C12H16N2S3. The molecular weight excluding hydrogens is 268 g/mol. The molecule has 0 amide bonds. The van der Waals surface area contributed by atoms with Crippen molar-refractivity contribution in [3.8, 4) is 10.6 Å². The van der Waals surface area contributed by atoms with Crippen LogP contribution in [0.5, 0.6) is 0 Å². The first-order valence-electron chi connectivity index (χ1n) is 5.58. The van der Waals surface area contributed by atoms with Gasteiger partial charge in [0.2, 0.25) is 0 Å². The minimum Gasteiger partial charge on any atom is -0.330 e. The second-order valence-corrected chi connectivity index (χ2v) is 6.92. The topological polar surface area (TPSA) is 38.9 Å². The largest absolute Gasteiger partial charge is 0.330 e. The zero-order valence-corrected chi connectivity index (χ0v) is 12.2. The fourth-order valence-corrected chi connectivity index (χ4v) is 3.98. The monoisotopic (exact) mass is 284 g/mol. The SMILES string of the molecule is CC(CCN)SCc1csc(-c2ccsc2)n1. The minimum absolute atomic E-state index is 0.617. The molecule has 2 N–H and O–H groups in total. The summed E-state index contributed by atoms with van der Waals surface area (Å²) in [6, 6.07) is 2.12. The Bertz CT molecular complexity index is 436. The smallest absolute Gasteiger partial charge is 0.124 e. The van der Waals surface area contributed by atoms with Crippen LogP contribution in [0.25, 0.3) is 10.6 Å². The van der Waals surface area contributed by atoms with E-state index < -0.39 is 0 Å². The lowest BCUT2D eigenvalue weighted by molar-refractivity contribution is 0.822. The summed E-state index contributed by atoms with van der Waals surface area (Å²) < 4.78 is 0. The van der Waals surface area contributed by atoms with Crippen molar-refractivity contribution in [2.45, 2.75) is 24.3 Å². The number of aromatic nitrogens is 1. The van der Waals surface area contributed by atoms with E-state index in [1.807, 2.05) is 11.8 Å². The molecule has 0 aliphatic heterocycles. The van der Waals surface area contributed by atoms with Crippen LogP contribution >= 0.6 is 34.4 Å². The van der Waals surface area contributed by atoms with Crippen molar-refractivity contribution in [2.75, 3.05) is 6.54 Å². The number of hydrogen-bond donors (Lipinski definition) is 1. The molecule has 0 saturated heterocycles. The van der Waals surface area contributed by atoms with Gasteiger partial charge in [0.1, 0.15) is 5.01 Å². The number of thioether (sulfide) groups is 1. The molecule has 17 heavy (non-hydrogen) atoms. The summed E-state index contributed by atoms with van der Waals surface area (Å²) in [7, 11) is 0. The number of hydrogen-bond acceptors (Lipinski definition) is 5. The Hall–Kier alpha value is -0.360. The summed E-state index contributed by atoms with van der Waals surface area (Å²) in [5.74, 6) is 0.988. The molecule has 92 valence electrons. The lowest BCUT2D eigenvalue weighted by atomic mass is 10.3. The van der Waals surface area contributed by atoms with Crippen molar-refractivity contribution >= 4 is 34.4 Å². The van der Waals surface area contributed by atoms with E-state index in [1.54, 1.807) is 22.7 Å². The van der Waals surface area contributed by atoms with Crippen LogP contribution in [0, 0.1) is 0 Å². The molecule has 0 aliphatic carbocycles. The van der Waals surface area contributed by atoms with Crippen LogP contribution in [0.3, 0.4) is 0 Å². The first kappa shape index (κ1) is 13.1. The first-order valence-corrected chi connectivity index (χ1v) is 8.45. The molecule has 0 fully saturated rings. The van der Waals surface area contributed by atoms with Crippen LogP contribution in [-0.4, -0.2) is 16.8 Å². The van der Waals surface area contributed by atoms with Crippen LogP contribution < -0.4 is 5.73 Å². The van der Waals surface area contributed by atoms with Gasteiger partial charge in [-0.05, 0) is 24.4 Å². The molecule has 0 radical (unpaired) electrons. The Labute approximate surface area is 114 Å². The van der Waals surface area contributed by atoms with Gasteiger partial charge in [-0.1, -0.05) is 6.92 Å². The molecule has 5 heteroatoms. The maximum absolute atomic E-state index is 5.54. The molecule has 2 aromatic rings. The van der Waals surface area contributed by atoms with E-state index in [2.05, 4.69) is 34.1 Å². The maximum atomic E-state index is 5.54. The summed E-state index contributed by atoms with van der Waals surface area (Å²) >= 11 is 5.38. The van der Waals surface area contributed by atoms with Crippen LogP contribution in [-0.2, 0) is 5.75 Å². The number of rotatable bonds is 6. The minimum atomic E-state index is 0.617. The second-order valence-electron chi connectivity index (χ2n) is 3.85. The zero-order chi connectivity index (χ0) is 12.1. The standard InChI is InChI=1S/C12H16N2S3/c1-9(2-4-13)16-7-11-8-17-12(14-11)10-3-5-15-6-10/h3,5-6,8-9H,2,4,7,13H2,1H3. The van der Waals surface area contributed by atoms with Crippen LogP contribution in [0.1, 0.15) is 19.0 Å². The van der Waals surface area contributed by atoms with E-state index in [9.17, 15) is 0 Å². The summed E-state index contributed by atoms with van der Waals surface area (Å²) in [5, 5.41) is 8.15. The van der Waals surface area contributed by atoms with Crippen molar-refractivity contribution in [1.82, 2.24) is 4.98 Å². The van der Waals surface area contributed by atoms with Gasteiger partial charge >= 0.3 is 0 Å². The third-order valence-corrected chi connectivity index (χ3v) is 5.30. The highest BCUT2D eigenvalue weighted by Gasteiger charge is 2.07. The molecule has 2 rings (SSSR count). The van der Waals surface area contributed by atoms with Crippen LogP contribution in [0.15, 0.2) is 22.2 Å². The van der Waals surface area contributed by atoms with Gasteiger partial charge in [0.05, 0.1) is 5.69 Å². The quantitative estimate of drug-likeness (QED) is 0.876. The highest BCUT2D eigenvalue weighted by Crippen LogP contribution is 2.28. The van der Waals surface area contributed by atoms with E-state index in [4.69, 9.17) is 5.73 Å². The molecule has 1 unspecified atom stereocenters. The lowest BCUT2D eigenvalue weighted by Crippen LogP contribution is -2.07. The normalized spacial score (nSPS) is 12.8. The van der Waals surface area contributed by atoms with Gasteiger partial charge in [-0.3, -0.25) is 0 Å². The Morgan fingerprint density at radius 3 is 3.06 bits per heavy atom. The molecule has 2 nitrogen and oxygen atoms in total. The number of thiophene rings is 1. The zero-order valence-electron chi connectivity index (χ0n) is 9.76. The van der Waals surface area contributed by atoms with Gasteiger partial charge in [0.25, 0.3) is 0 Å². The third-order valence-electron chi connectivity index (χ3n) is 2.41. The number of nitrogens with two attached hydrogens (primary N) is 1. The molecule has 0 aromatic carbocycles. The fraction of sp³-hybridized carbons (Fsp3) is 0.417. The van der Waals surface area contributed by atoms with E-state index in [1.165, 1.54) is 11.3 Å². The Kier molecular flexibility index (Phi) is 5.03. The van der Waals surface area contributed by atoms with Gasteiger partial charge < -0.3 is 5.73 Å². The molecule has 1 atom stereocenters. The molecule has 0 aliphatic rings. The molecule has 0 bridgehead atoms. The summed E-state index contributed by atoms with van der Waals surface area (Å²) in [6.45, 7) is 3.00. The van der Waals surface area contributed by atoms with Crippen LogP contribution in [0.2, 0.25) is 0 Å². The predicted octanol–water partition coefficient (Wildman–Crippen LogP) is 3.84. The fourth-order valence-electron chi connectivity index (χ4n) is 1.44. The number of nitrogens with zero attached hydrogens (tertiary/aromatic N) is 1. The van der Waals surface area contributed by atoms with Gasteiger partial charge in [-0.25, -0.2) is 4.98 Å². The van der Waals surface area contributed by atoms with Gasteiger partial charge in [-0.15, -0.1) is 11.3 Å². The van der Waals surface area contributed by atoms with Gasteiger partial charge in [0.15, 0.2) is 0 Å². The molecule has 0 saturated carbocycles. The van der Waals surface area contributed by atoms with Gasteiger partial charge in [-0.2, -0.15) is 23.1 Å². The number of thiazole rings is 1. The Balaban J connectivity index is 1.91. The second kappa shape index (κ2) is 6.54. The summed E-state index contributed by atoms with van der Waals surface area (Å²) in [6.07, 6.45) is 1.08. The van der Waals surface area contributed by atoms with E-state index in [0.717, 1.165) is 23.7 Å². The van der Waals surface area contributed by atoms with Crippen molar-refractivity contribution in [2.24, 2.45) is 5.73 Å². The molecule has 2 heterocycles. The highest BCUT2D eigenvalue weighted by atomic mass is 32.2. The average molecular weight is 284 g/mol. The van der Waals surface area contributed by atoms with Gasteiger partial charge in [0, 0.05) is 27.3 Å². The highest BCUT2D eigenvalue weighted by molar-refractivity contribution is 7.99. The summed E-state index contributed by atoms with van der Waals surface area (Å²) in [4.78, 5) is 4.66. The summed E-state index contributed by atoms with van der Waals surface area (Å²) in [5.41, 5.74) is 7.97. The molecule has 2 aromatic heterocycles. The van der Waals surface area contributed by atoms with Crippen molar-refractivity contribution in [3.63, 3.8) is 0 Å². The van der Waals surface area contributed by atoms with E-state index >= 15 is 0 Å². The average Bonchev–Trinajstić information content (AvgIpc) is 2.97. The van der Waals surface area contributed by atoms with Crippen LogP contribution in [0.4, 0.5) is 0 Å². The molecule has 0 spiro atoms. The Morgan fingerprint density at radius 1 is 1.47 bits per heavy atom. The van der Waals surface area contributed by atoms with Crippen molar-refractivity contribution in [3.05, 3.63) is 27.9 Å². The lowest BCUT2D eigenvalue weighted by Gasteiger charge is -2.07. The first-order chi connectivity index (χ1) is 8.29. The third kappa shape index (κ3) is 3.81. The van der Waals surface area contributed by atoms with E-state index in [0.29, 0.717) is 5.25 Å². The predicted molar refractivity (Wildman–Crippen MR) is 79.9 cm³/mol. The maximum Gasteiger partial charge on any atom is 0.124 e.